The van der Waals surface area contributed by atoms with E-state index in [1.807, 2.05) is 0 Å². The van der Waals surface area contributed by atoms with Crippen LogP contribution in [0.2, 0.25) is 0 Å². The molecule has 0 aromatic rings. The Bertz CT molecular complexity index is 297. The number of nitrogens with zero attached hydrogens (tertiary/aromatic N) is 1. The molecule has 1 heterocycles. The van der Waals surface area contributed by atoms with Crippen LogP contribution in [0.25, 0.3) is 0 Å². The lowest BCUT2D eigenvalue weighted by Crippen LogP contribution is -2.39. The van der Waals surface area contributed by atoms with E-state index in [9.17, 15) is 13.2 Å². The molecular weight excluding hydrogens is 190 g/mol. The molecule has 13 heavy (non-hydrogen) atoms. The fourth-order valence-electron chi connectivity index (χ4n) is 1.55. The standard InChI is InChI=1S/C8H15NO3S/c1-3-8(10)7(2)9-5-4-6-13(9,11)12/h7H,3-6H2,1-2H3. The Hall–Kier alpha value is -0.420. The number of Topliss-reactive ketones (excluding diaryl/α,β-unsaturated/α-hetero) is 1. The summed E-state index contributed by atoms with van der Waals surface area (Å²) in [7, 11) is -3.13. The zero-order valence-corrected chi connectivity index (χ0v) is 8.80. The first kappa shape index (κ1) is 10.7. The smallest absolute Gasteiger partial charge is 0.214 e. The van der Waals surface area contributed by atoms with Crippen molar-refractivity contribution in [3.8, 4) is 0 Å². The van der Waals surface area contributed by atoms with Crippen molar-refractivity contribution in [1.82, 2.24) is 4.31 Å². The highest BCUT2D eigenvalue weighted by molar-refractivity contribution is 7.89. The predicted molar refractivity (Wildman–Crippen MR) is 49.9 cm³/mol. The average Bonchev–Trinajstić information content (AvgIpc) is 2.42. The second-order valence-electron chi connectivity index (χ2n) is 3.28. The van der Waals surface area contributed by atoms with Crippen LogP contribution in [-0.4, -0.2) is 36.8 Å². The van der Waals surface area contributed by atoms with E-state index < -0.39 is 16.1 Å². The Morgan fingerprint density at radius 1 is 1.54 bits per heavy atom. The summed E-state index contributed by atoms with van der Waals surface area (Å²) >= 11 is 0. The van der Waals surface area contributed by atoms with Gasteiger partial charge in [0, 0.05) is 13.0 Å². The quantitative estimate of drug-likeness (QED) is 0.669. The van der Waals surface area contributed by atoms with Gasteiger partial charge in [0.1, 0.15) is 0 Å². The maximum Gasteiger partial charge on any atom is 0.214 e. The molecule has 4 nitrogen and oxygen atoms in total. The summed E-state index contributed by atoms with van der Waals surface area (Å²) in [6.45, 7) is 3.91. The van der Waals surface area contributed by atoms with Crippen LogP contribution in [0.15, 0.2) is 0 Å². The molecule has 0 amide bonds. The number of ketones is 1. The van der Waals surface area contributed by atoms with Crippen LogP contribution in [0.4, 0.5) is 0 Å². The summed E-state index contributed by atoms with van der Waals surface area (Å²) in [5, 5.41) is 0. The number of hydrogen-bond donors (Lipinski definition) is 0. The van der Waals surface area contributed by atoms with Crippen molar-refractivity contribution in [2.75, 3.05) is 12.3 Å². The Kier molecular flexibility index (Phi) is 3.08. The molecule has 1 rings (SSSR count). The molecule has 0 bridgehead atoms. The average molecular weight is 205 g/mol. The zero-order chi connectivity index (χ0) is 10.1. The summed E-state index contributed by atoms with van der Waals surface area (Å²) in [5.74, 6) is 0.180. The third kappa shape index (κ3) is 2.08. The number of carbonyl (C=O) groups is 1. The Labute approximate surface area is 79.0 Å². The van der Waals surface area contributed by atoms with Crippen molar-refractivity contribution >= 4 is 15.8 Å². The monoisotopic (exact) mass is 205 g/mol. The first-order valence-corrected chi connectivity index (χ1v) is 6.12. The molecule has 1 saturated heterocycles. The molecule has 1 aliphatic rings. The minimum Gasteiger partial charge on any atom is -0.298 e. The first-order valence-electron chi connectivity index (χ1n) is 4.51. The largest absolute Gasteiger partial charge is 0.298 e. The van der Waals surface area contributed by atoms with Gasteiger partial charge in [0.15, 0.2) is 5.78 Å². The second-order valence-corrected chi connectivity index (χ2v) is 5.32. The summed E-state index contributed by atoms with van der Waals surface area (Å²) in [6.07, 6.45) is 1.04. The fraction of sp³-hybridized carbons (Fsp3) is 0.875. The van der Waals surface area contributed by atoms with Crippen molar-refractivity contribution < 1.29 is 13.2 Å². The fourth-order valence-corrected chi connectivity index (χ4v) is 3.28. The van der Waals surface area contributed by atoms with Gasteiger partial charge in [-0.1, -0.05) is 6.92 Å². The van der Waals surface area contributed by atoms with Crippen LogP contribution in [0.1, 0.15) is 26.7 Å². The van der Waals surface area contributed by atoms with Gasteiger partial charge < -0.3 is 0 Å². The zero-order valence-electron chi connectivity index (χ0n) is 7.99. The van der Waals surface area contributed by atoms with Crippen LogP contribution in [-0.2, 0) is 14.8 Å². The van der Waals surface area contributed by atoms with Gasteiger partial charge in [-0.25, -0.2) is 8.42 Å². The third-order valence-electron chi connectivity index (χ3n) is 2.38. The van der Waals surface area contributed by atoms with E-state index in [0.29, 0.717) is 19.4 Å². The van der Waals surface area contributed by atoms with Gasteiger partial charge in [0.2, 0.25) is 10.0 Å². The van der Waals surface area contributed by atoms with Gasteiger partial charge in [-0.15, -0.1) is 0 Å². The topological polar surface area (TPSA) is 54.5 Å². The minimum atomic E-state index is -3.13. The SMILES string of the molecule is CCC(=O)C(C)N1CCCS1(=O)=O. The molecule has 1 aliphatic heterocycles. The molecule has 0 aliphatic carbocycles. The van der Waals surface area contributed by atoms with Gasteiger partial charge in [0.05, 0.1) is 11.8 Å². The van der Waals surface area contributed by atoms with E-state index in [2.05, 4.69) is 0 Å². The van der Waals surface area contributed by atoms with Crippen molar-refractivity contribution in [2.45, 2.75) is 32.7 Å². The van der Waals surface area contributed by atoms with Crippen LogP contribution >= 0.6 is 0 Å². The van der Waals surface area contributed by atoms with Crippen LogP contribution in [0.5, 0.6) is 0 Å². The first-order chi connectivity index (χ1) is 5.99. The van der Waals surface area contributed by atoms with Gasteiger partial charge in [-0.05, 0) is 13.3 Å². The predicted octanol–water partition coefficient (Wildman–Crippen LogP) is 0.390. The lowest BCUT2D eigenvalue weighted by atomic mass is 10.2. The molecular formula is C8H15NO3S. The number of hydrogen-bond acceptors (Lipinski definition) is 3. The third-order valence-corrected chi connectivity index (χ3v) is 4.40. The van der Waals surface area contributed by atoms with Gasteiger partial charge in [-0.3, -0.25) is 4.79 Å². The van der Waals surface area contributed by atoms with Crippen molar-refractivity contribution in [2.24, 2.45) is 0 Å². The molecule has 0 spiro atoms. The highest BCUT2D eigenvalue weighted by Crippen LogP contribution is 2.17. The van der Waals surface area contributed by atoms with Crippen LogP contribution < -0.4 is 0 Å². The molecule has 1 fully saturated rings. The summed E-state index contributed by atoms with van der Waals surface area (Å²) in [5.41, 5.74) is 0. The van der Waals surface area contributed by atoms with Crippen molar-refractivity contribution in [3.63, 3.8) is 0 Å². The second kappa shape index (κ2) is 3.75. The number of sulfonamides is 1. The molecule has 0 radical (unpaired) electrons. The van der Waals surface area contributed by atoms with E-state index in [0.717, 1.165) is 0 Å². The Balaban J connectivity index is 2.78. The van der Waals surface area contributed by atoms with Gasteiger partial charge in [0.25, 0.3) is 0 Å². The normalized spacial score (nSPS) is 24.5. The Morgan fingerprint density at radius 2 is 2.15 bits per heavy atom. The Morgan fingerprint density at radius 3 is 2.54 bits per heavy atom. The lowest BCUT2D eigenvalue weighted by molar-refractivity contribution is -0.121. The highest BCUT2D eigenvalue weighted by Gasteiger charge is 2.34. The maximum atomic E-state index is 11.4. The summed E-state index contributed by atoms with van der Waals surface area (Å²) in [4.78, 5) is 11.3. The molecule has 0 N–H and O–H groups in total. The van der Waals surface area contributed by atoms with E-state index in [4.69, 9.17) is 0 Å². The van der Waals surface area contributed by atoms with E-state index in [1.165, 1.54) is 4.31 Å². The van der Waals surface area contributed by atoms with Crippen LogP contribution in [0, 0.1) is 0 Å². The van der Waals surface area contributed by atoms with Crippen molar-refractivity contribution in [1.29, 1.82) is 0 Å². The van der Waals surface area contributed by atoms with Crippen molar-refractivity contribution in [3.05, 3.63) is 0 Å². The molecule has 0 saturated carbocycles. The lowest BCUT2D eigenvalue weighted by Gasteiger charge is -2.20. The number of rotatable bonds is 3. The molecule has 5 heteroatoms. The molecule has 0 aromatic heterocycles. The molecule has 0 aromatic carbocycles. The van der Waals surface area contributed by atoms with E-state index in [1.54, 1.807) is 13.8 Å². The van der Waals surface area contributed by atoms with Gasteiger partial charge in [-0.2, -0.15) is 4.31 Å². The van der Waals surface area contributed by atoms with Gasteiger partial charge >= 0.3 is 0 Å². The molecule has 1 unspecified atom stereocenters. The molecule has 1 atom stereocenters. The van der Waals surface area contributed by atoms with Crippen LogP contribution in [0.3, 0.4) is 0 Å². The highest BCUT2D eigenvalue weighted by atomic mass is 32.2. The minimum absolute atomic E-state index is 0.00882. The summed E-state index contributed by atoms with van der Waals surface area (Å²) < 4.78 is 24.1. The summed E-state index contributed by atoms with van der Waals surface area (Å²) in [6, 6.07) is -0.475. The van der Waals surface area contributed by atoms with E-state index >= 15 is 0 Å². The van der Waals surface area contributed by atoms with E-state index in [-0.39, 0.29) is 11.5 Å². The molecule has 76 valence electrons. The maximum absolute atomic E-state index is 11.4. The number of carbonyl (C=O) groups excluding carboxylic acids is 1.